The molecule has 23 heavy (non-hydrogen) atoms. The lowest BCUT2D eigenvalue weighted by molar-refractivity contribution is 0.140. The maximum absolute atomic E-state index is 10.3. The number of aliphatic hydroxyl groups excluding tert-OH is 1. The quantitative estimate of drug-likeness (QED) is 0.725. The molecule has 3 nitrogen and oxygen atoms in total. The number of hydrogen-bond acceptors (Lipinski definition) is 3. The molecule has 0 aromatic heterocycles. The number of benzene rings is 2. The Kier molecular flexibility index (Phi) is 5.42. The molecule has 0 aliphatic heterocycles. The summed E-state index contributed by atoms with van der Waals surface area (Å²) in [6, 6.07) is 12.3. The van der Waals surface area contributed by atoms with Crippen LogP contribution in [0.1, 0.15) is 29.7 Å². The van der Waals surface area contributed by atoms with Crippen LogP contribution in [0.2, 0.25) is 0 Å². The van der Waals surface area contributed by atoms with Gasteiger partial charge in [-0.3, -0.25) is 0 Å². The summed E-state index contributed by atoms with van der Waals surface area (Å²) in [7, 11) is 0. The van der Waals surface area contributed by atoms with Crippen molar-refractivity contribution in [1.29, 1.82) is 0 Å². The number of nitrogens with one attached hydrogen (secondary N) is 1. The van der Waals surface area contributed by atoms with E-state index in [1.807, 2.05) is 19.1 Å². The SMILES string of the molecule is CCOc1c(Br)cc(CN[C@@H]2c3ccccc3C[C@@H]2O)cc1Br. The van der Waals surface area contributed by atoms with E-state index in [2.05, 4.69) is 61.4 Å². The molecule has 0 fully saturated rings. The molecule has 0 saturated carbocycles. The number of fused-ring (bicyclic) bond motifs is 1. The highest BCUT2D eigenvalue weighted by Crippen LogP contribution is 2.36. The number of aliphatic hydroxyl groups is 1. The van der Waals surface area contributed by atoms with Crippen molar-refractivity contribution in [3.05, 3.63) is 62.0 Å². The second-order valence-electron chi connectivity index (χ2n) is 5.65. The average Bonchev–Trinajstić information content (AvgIpc) is 2.84. The Bertz CT molecular complexity index is 682. The Hall–Kier alpha value is -0.880. The molecular weight excluding hydrogens is 422 g/mol. The van der Waals surface area contributed by atoms with Crippen LogP contribution in [0, 0.1) is 0 Å². The Morgan fingerprint density at radius 1 is 1.22 bits per heavy atom. The molecule has 2 aromatic carbocycles. The summed E-state index contributed by atoms with van der Waals surface area (Å²) in [6.45, 7) is 3.27. The van der Waals surface area contributed by atoms with E-state index in [1.54, 1.807) is 0 Å². The van der Waals surface area contributed by atoms with Crippen molar-refractivity contribution >= 4 is 31.9 Å². The third-order valence-corrected chi connectivity index (χ3v) is 5.25. The van der Waals surface area contributed by atoms with Crippen LogP contribution in [-0.2, 0) is 13.0 Å². The van der Waals surface area contributed by atoms with Crippen molar-refractivity contribution in [2.75, 3.05) is 6.61 Å². The van der Waals surface area contributed by atoms with Gasteiger partial charge in [-0.05, 0) is 67.6 Å². The third-order valence-electron chi connectivity index (χ3n) is 4.08. The van der Waals surface area contributed by atoms with Crippen LogP contribution >= 0.6 is 31.9 Å². The van der Waals surface area contributed by atoms with Crippen LogP contribution in [-0.4, -0.2) is 17.8 Å². The molecule has 2 atom stereocenters. The molecule has 1 aliphatic carbocycles. The molecule has 1 aliphatic rings. The topological polar surface area (TPSA) is 41.5 Å². The average molecular weight is 441 g/mol. The van der Waals surface area contributed by atoms with Gasteiger partial charge in [0.05, 0.1) is 27.7 Å². The van der Waals surface area contributed by atoms with Crippen molar-refractivity contribution in [3.63, 3.8) is 0 Å². The smallest absolute Gasteiger partial charge is 0.147 e. The zero-order valence-electron chi connectivity index (χ0n) is 12.9. The van der Waals surface area contributed by atoms with Gasteiger partial charge >= 0.3 is 0 Å². The van der Waals surface area contributed by atoms with Gasteiger partial charge in [-0.25, -0.2) is 0 Å². The van der Waals surface area contributed by atoms with Crippen molar-refractivity contribution in [1.82, 2.24) is 5.32 Å². The Labute approximate surface area is 153 Å². The highest BCUT2D eigenvalue weighted by molar-refractivity contribution is 9.11. The normalized spacial score (nSPS) is 19.7. The summed E-state index contributed by atoms with van der Waals surface area (Å²) in [5.41, 5.74) is 3.56. The largest absolute Gasteiger partial charge is 0.492 e. The first kappa shape index (κ1) is 17.0. The van der Waals surface area contributed by atoms with E-state index in [-0.39, 0.29) is 12.1 Å². The molecule has 122 valence electrons. The molecule has 0 amide bonds. The van der Waals surface area contributed by atoms with E-state index in [9.17, 15) is 5.11 Å². The van der Waals surface area contributed by atoms with Crippen LogP contribution in [0.25, 0.3) is 0 Å². The Morgan fingerprint density at radius 2 is 1.91 bits per heavy atom. The lowest BCUT2D eigenvalue weighted by Crippen LogP contribution is -2.28. The Balaban J connectivity index is 1.74. The highest BCUT2D eigenvalue weighted by atomic mass is 79.9. The van der Waals surface area contributed by atoms with E-state index >= 15 is 0 Å². The predicted molar refractivity (Wildman–Crippen MR) is 98.7 cm³/mol. The van der Waals surface area contributed by atoms with Gasteiger partial charge in [-0.1, -0.05) is 24.3 Å². The monoisotopic (exact) mass is 439 g/mol. The zero-order chi connectivity index (χ0) is 16.4. The fraction of sp³-hybridized carbons (Fsp3) is 0.333. The van der Waals surface area contributed by atoms with E-state index in [4.69, 9.17) is 4.74 Å². The van der Waals surface area contributed by atoms with Gasteiger partial charge in [0.25, 0.3) is 0 Å². The molecule has 5 heteroatoms. The molecule has 0 radical (unpaired) electrons. The fourth-order valence-electron chi connectivity index (χ4n) is 3.04. The van der Waals surface area contributed by atoms with Crippen LogP contribution < -0.4 is 10.1 Å². The summed E-state index contributed by atoms with van der Waals surface area (Å²) in [4.78, 5) is 0. The lowest BCUT2D eigenvalue weighted by atomic mass is 10.1. The molecular formula is C18H19Br2NO2. The van der Waals surface area contributed by atoms with E-state index in [0.29, 0.717) is 19.6 Å². The number of rotatable bonds is 5. The summed E-state index contributed by atoms with van der Waals surface area (Å²) >= 11 is 7.12. The van der Waals surface area contributed by atoms with Gasteiger partial charge in [0.1, 0.15) is 5.75 Å². The van der Waals surface area contributed by atoms with Crippen molar-refractivity contribution in [2.45, 2.75) is 32.0 Å². The van der Waals surface area contributed by atoms with Gasteiger partial charge in [0, 0.05) is 13.0 Å². The highest BCUT2D eigenvalue weighted by Gasteiger charge is 2.30. The van der Waals surface area contributed by atoms with Gasteiger partial charge < -0.3 is 15.2 Å². The molecule has 0 heterocycles. The first-order valence-electron chi connectivity index (χ1n) is 7.70. The molecule has 0 bridgehead atoms. The predicted octanol–water partition coefficient (Wildman–Crippen LogP) is 4.36. The minimum absolute atomic E-state index is 0.0182. The van der Waals surface area contributed by atoms with Crippen molar-refractivity contribution in [2.24, 2.45) is 0 Å². The van der Waals surface area contributed by atoms with Crippen LogP contribution in [0.5, 0.6) is 5.75 Å². The number of hydrogen-bond donors (Lipinski definition) is 2. The van der Waals surface area contributed by atoms with Gasteiger partial charge in [-0.2, -0.15) is 0 Å². The van der Waals surface area contributed by atoms with E-state index in [1.165, 1.54) is 11.1 Å². The number of ether oxygens (including phenoxy) is 1. The van der Waals surface area contributed by atoms with Gasteiger partial charge in [-0.15, -0.1) is 0 Å². The number of halogens is 2. The lowest BCUT2D eigenvalue weighted by Gasteiger charge is -2.19. The van der Waals surface area contributed by atoms with Crippen molar-refractivity contribution in [3.8, 4) is 5.75 Å². The van der Waals surface area contributed by atoms with Gasteiger partial charge in [0.2, 0.25) is 0 Å². The minimum atomic E-state index is -0.373. The first-order chi connectivity index (χ1) is 11.1. The van der Waals surface area contributed by atoms with Crippen molar-refractivity contribution < 1.29 is 9.84 Å². The molecule has 0 spiro atoms. The van der Waals surface area contributed by atoms with E-state index < -0.39 is 0 Å². The van der Waals surface area contributed by atoms with Gasteiger partial charge in [0.15, 0.2) is 0 Å². The Morgan fingerprint density at radius 3 is 2.61 bits per heavy atom. The van der Waals surface area contributed by atoms with Crippen LogP contribution in [0.15, 0.2) is 45.3 Å². The summed E-state index contributed by atoms with van der Waals surface area (Å²) in [5.74, 6) is 0.822. The summed E-state index contributed by atoms with van der Waals surface area (Å²) in [5, 5.41) is 13.8. The molecule has 0 unspecified atom stereocenters. The minimum Gasteiger partial charge on any atom is -0.492 e. The maximum Gasteiger partial charge on any atom is 0.147 e. The standard InChI is InChI=1S/C18H19Br2NO2/c1-2-23-18-14(19)7-11(8-15(18)20)10-21-17-13-6-4-3-5-12(13)9-16(17)22/h3-8,16-17,21-22H,2,9-10H2,1H3/t16-,17+/m0/s1. The maximum atomic E-state index is 10.3. The second kappa shape index (κ2) is 7.34. The van der Waals surface area contributed by atoms with Crippen LogP contribution in [0.4, 0.5) is 0 Å². The molecule has 2 N–H and O–H groups in total. The molecule has 2 aromatic rings. The van der Waals surface area contributed by atoms with E-state index in [0.717, 1.165) is 20.3 Å². The molecule has 3 rings (SSSR count). The first-order valence-corrected chi connectivity index (χ1v) is 9.28. The summed E-state index contributed by atoms with van der Waals surface area (Å²) in [6.07, 6.45) is 0.340. The summed E-state index contributed by atoms with van der Waals surface area (Å²) < 4.78 is 7.47. The second-order valence-corrected chi connectivity index (χ2v) is 7.36. The molecule has 0 saturated heterocycles. The third kappa shape index (κ3) is 3.63. The van der Waals surface area contributed by atoms with Crippen LogP contribution in [0.3, 0.4) is 0 Å². The zero-order valence-corrected chi connectivity index (χ0v) is 16.0. The fourth-order valence-corrected chi connectivity index (χ4v) is 4.55.